The Hall–Kier alpha value is -2.09. The Labute approximate surface area is 137 Å². The second-order valence-electron chi connectivity index (χ2n) is 6.11. The maximum atomic E-state index is 12.6. The van der Waals surface area contributed by atoms with E-state index in [0.29, 0.717) is 25.2 Å². The summed E-state index contributed by atoms with van der Waals surface area (Å²) in [5.41, 5.74) is 0.0302. The molecular formula is C16H18F3N3O2. The lowest BCUT2D eigenvalue weighted by atomic mass is 10.1. The highest BCUT2D eigenvalue weighted by atomic mass is 19.4. The van der Waals surface area contributed by atoms with Crippen LogP contribution in [0.3, 0.4) is 0 Å². The molecule has 1 aromatic rings. The molecule has 1 saturated carbocycles. The molecule has 130 valence electrons. The summed E-state index contributed by atoms with van der Waals surface area (Å²) in [4.78, 5) is 26.9. The number of carbonyl (C=O) groups excluding carboxylic acids is 2. The number of urea groups is 1. The Kier molecular flexibility index (Phi) is 4.49. The molecule has 1 saturated heterocycles. The van der Waals surface area contributed by atoms with Crippen molar-refractivity contribution < 1.29 is 22.8 Å². The van der Waals surface area contributed by atoms with Crippen molar-refractivity contribution in [2.75, 3.05) is 19.6 Å². The van der Waals surface area contributed by atoms with Crippen LogP contribution in [0.25, 0.3) is 0 Å². The summed E-state index contributed by atoms with van der Waals surface area (Å²) < 4.78 is 37.8. The molecule has 2 aliphatic rings. The molecule has 24 heavy (non-hydrogen) atoms. The number of carbonyl (C=O) groups is 2. The quantitative estimate of drug-likeness (QED) is 0.894. The van der Waals surface area contributed by atoms with Gasteiger partial charge in [0.25, 0.3) is 0 Å². The molecule has 1 aliphatic carbocycles. The van der Waals surface area contributed by atoms with Crippen LogP contribution in [0.4, 0.5) is 18.0 Å². The van der Waals surface area contributed by atoms with E-state index in [1.807, 2.05) is 4.90 Å². The number of amides is 3. The van der Waals surface area contributed by atoms with E-state index in [1.165, 1.54) is 17.0 Å². The first kappa shape index (κ1) is 16.8. The van der Waals surface area contributed by atoms with Crippen LogP contribution in [0, 0.1) is 0 Å². The van der Waals surface area contributed by atoms with Crippen LogP contribution >= 0.6 is 0 Å². The van der Waals surface area contributed by atoms with Gasteiger partial charge >= 0.3 is 12.2 Å². The summed E-state index contributed by atoms with van der Waals surface area (Å²) in [6, 6.07) is 4.84. The number of benzene rings is 1. The average molecular weight is 341 g/mol. The van der Waals surface area contributed by atoms with Crippen LogP contribution in [-0.2, 0) is 17.5 Å². The van der Waals surface area contributed by atoms with Crippen molar-refractivity contribution in [3.8, 4) is 0 Å². The average Bonchev–Trinajstić information content (AvgIpc) is 3.28. The van der Waals surface area contributed by atoms with Gasteiger partial charge in [-0.25, -0.2) is 4.79 Å². The van der Waals surface area contributed by atoms with Crippen molar-refractivity contribution >= 4 is 11.9 Å². The predicted octanol–water partition coefficient (Wildman–Crippen LogP) is 2.22. The molecule has 0 radical (unpaired) electrons. The molecule has 0 unspecified atom stereocenters. The Bertz CT molecular complexity index is 626. The van der Waals surface area contributed by atoms with Crippen molar-refractivity contribution in [2.45, 2.75) is 31.6 Å². The fraction of sp³-hybridized carbons (Fsp3) is 0.500. The van der Waals surface area contributed by atoms with Crippen molar-refractivity contribution in [2.24, 2.45) is 0 Å². The number of nitrogens with zero attached hydrogens (tertiary/aromatic N) is 2. The third-order valence-electron chi connectivity index (χ3n) is 4.23. The van der Waals surface area contributed by atoms with Crippen molar-refractivity contribution in [1.82, 2.24) is 15.1 Å². The molecule has 3 amide bonds. The van der Waals surface area contributed by atoms with Crippen molar-refractivity contribution in [1.29, 1.82) is 0 Å². The second kappa shape index (κ2) is 6.43. The van der Waals surface area contributed by atoms with Gasteiger partial charge in [0.1, 0.15) is 0 Å². The summed E-state index contributed by atoms with van der Waals surface area (Å²) in [5, 5.41) is 2.58. The highest BCUT2D eigenvalue weighted by Crippen LogP contribution is 2.31. The van der Waals surface area contributed by atoms with E-state index in [4.69, 9.17) is 0 Å². The van der Waals surface area contributed by atoms with Crippen LogP contribution < -0.4 is 5.32 Å². The largest absolute Gasteiger partial charge is 0.416 e. The third kappa shape index (κ3) is 3.87. The molecule has 8 heteroatoms. The lowest BCUT2D eigenvalue weighted by Crippen LogP contribution is -2.42. The summed E-state index contributed by atoms with van der Waals surface area (Å²) in [6.45, 7) is 1.30. The van der Waals surface area contributed by atoms with Crippen LogP contribution in [0.15, 0.2) is 24.3 Å². The first-order valence-corrected chi connectivity index (χ1v) is 7.83. The zero-order valence-corrected chi connectivity index (χ0v) is 13.0. The monoisotopic (exact) mass is 341 g/mol. The molecular weight excluding hydrogens is 323 g/mol. The third-order valence-corrected chi connectivity index (χ3v) is 4.23. The molecule has 5 nitrogen and oxygen atoms in total. The summed E-state index contributed by atoms with van der Waals surface area (Å²) in [6.07, 6.45) is -2.44. The van der Waals surface area contributed by atoms with E-state index >= 15 is 0 Å². The van der Waals surface area contributed by atoms with Crippen LogP contribution in [0.1, 0.15) is 24.0 Å². The van der Waals surface area contributed by atoms with E-state index in [9.17, 15) is 22.8 Å². The molecule has 1 N–H and O–H groups in total. The standard InChI is InChI=1S/C16H18F3N3O2/c17-16(18,19)12-3-1-11(2-4-12)9-21(13-5-6-13)10-14(23)22-8-7-20-15(22)24/h1-4,13H,5-10H2,(H,20,24). The lowest BCUT2D eigenvalue weighted by molar-refractivity contribution is -0.137. The number of alkyl halides is 3. The smallest absolute Gasteiger partial charge is 0.336 e. The Balaban J connectivity index is 1.64. The number of imide groups is 1. The summed E-state index contributed by atoms with van der Waals surface area (Å²) in [5.74, 6) is -0.274. The van der Waals surface area contributed by atoms with Crippen LogP contribution in [0.5, 0.6) is 0 Å². The van der Waals surface area contributed by atoms with E-state index in [2.05, 4.69) is 5.32 Å². The van der Waals surface area contributed by atoms with Gasteiger partial charge in [0.05, 0.1) is 12.1 Å². The molecule has 1 heterocycles. The van der Waals surface area contributed by atoms with Gasteiger partial charge in [0.15, 0.2) is 0 Å². The maximum Gasteiger partial charge on any atom is 0.416 e. The SMILES string of the molecule is O=C(CN(Cc1ccc(C(F)(F)F)cc1)C1CC1)N1CCNC1=O. The highest BCUT2D eigenvalue weighted by molar-refractivity contribution is 5.96. The van der Waals surface area contributed by atoms with E-state index < -0.39 is 11.7 Å². The number of nitrogens with one attached hydrogen (secondary N) is 1. The lowest BCUT2D eigenvalue weighted by Gasteiger charge is -2.23. The maximum absolute atomic E-state index is 12.6. The van der Waals surface area contributed by atoms with Gasteiger partial charge in [0, 0.05) is 25.7 Å². The molecule has 0 aromatic heterocycles. The van der Waals surface area contributed by atoms with Gasteiger partial charge in [0.2, 0.25) is 5.91 Å². The molecule has 0 bridgehead atoms. The minimum Gasteiger partial charge on any atom is -0.336 e. The number of rotatable bonds is 5. The predicted molar refractivity (Wildman–Crippen MR) is 80.0 cm³/mol. The highest BCUT2D eigenvalue weighted by Gasteiger charge is 2.34. The van der Waals surface area contributed by atoms with Gasteiger partial charge in [-0.3, -0.25) is 14.6 Å². The van der Waals surface area contributed by atoms with Gasteiger partial charge in [-0.05, 0) is 30.5 Å². The summed E-state index contributed by atoms with van der Waals surface area (Å²) >= 11 is 0. The van der Waals surface area contributed by atoms with Gasteiger partial charge in [-0.1, -0.05) is 12.1 Å². The Morgan fingerprint density at radius 3 is 2.42 bits per heavy atom. The molecule has 2 fully saturated rings. The zero-order chi connectivity index (χ0) is 17.3. The molecule has 0 spiro atoms. The second-order valence-corrected chi connectivity index (χ2v) is 6.11. The summed E-state index contributed by atoms with van der Waals surface area (Å²) in [7, 11) is 0. The fourth-order valence-electron chi connectivity index (χ4n) is 2.76. The molecule has 1 aromatic carbocycles. The van der Waals surface area contributed by atoms with Gasteiger partial charge < -0.3 is 5.32 Å². The van der Waals surface area contributed by atoms with E-state index in [1.54, 1.807) is 0 Å². The normalized spacial score (nSPS) is 18.2. The Morgan fingerprint density at radius 1 is 1.25 bits per heavy atom. The van der Waals surface area contributed by atoms with E-state index in [0.717, 1.165) is 25.0 Å². The number of hydrogen-bond donors (Lipinski definition) is 1. The molecule has 1 aliphatic heterocycles. The minimum absolute atomic E-state index is 0.0963. The van der Waals surface area contributed by atoms with Crippen molar-refractivity contribution in [3.63, 3.8) is 0 Å². The zero-order valence-electron chi connectivity index (χ0n) is 13.0. The molecule has 0 atom stereocenters. The topological polar surface area (TPSA) is 52.7 Å². The first-order chi connectivity index (χ1) is 11.3. The van der Waals surface area contributed by atoms with E-state index in [-0.39, 0.29) is 24.5 Å². The van der Waals surface area contributed by atoms with Crippen LogP contribution in [0.2, 0.25) is 0 Å². The number of halogens is 3. The molecule has 3 rings (SSSR count). The fourth-order valence-corrected chi connectivity index (χ4v) is 2.76. The van der Waals surface area contributed by atoms with Crippen LogP contribution in [-0.4, -0.2) is 47.4 Å². The first-order valence-electron chi connectivity index (χ1n) is 7.83. The Morgan fingerprint density at radius 2 is 1.92 bits per heavy atom. The minimum atomic E-state index is -4.35. The number of hydrogen-bond acceptors (Lipinski definition) is 3. The van der Waals surface area contributed by atoms with Gasteiger partial charge in [-0.2, -0.15) is 13.2 Å². The van der Waals surface area contributed by atoms with Crippen molar-refractivity contribution in [3.05, 3.63) is 35.4 Å². The van der Waals surface area contributed by atoms with Gasteiger partial charge in [-0.15, -0.1) is 0 Å².